The first kappa shape index (κ1) is 16.8. The van der Waals surface area contributed by atoms with Crippen LogP contribution in [0.2, 0.25) is 0 Å². The Morgan fingerprint density at radius 3 is 2.20 bits per heavy atom. The van der Waals surface area contributed by atoms with Crippen LogP contribution in [-0.2, 0) is 10.9 Å². The summed E-state index contributed by atoms with van der Waals surface area (Å²) in [6.07, 6.45) is -10.1. The number of ether oxygens (including phenoxy) is 2. The summed E-state index contributed by atoms with van der Waals surface area (Å²) in [5, 5.41) is 0. The fraction of sp³-hybridized carbons (Fsp3) is 0.333. The molecule has 0 aliphatic carbocycles. The lowest BCUT2D eigenvalue weighted by Crippen LogP contribution is -2.22. The lowest BCUT2D eigenvalue weighted by atomic mass is 10.2. The van der Waals surface area contributed by atoms with Crippen LogP contribution in [0.25, 0.3) is 0 Å². The van der Waals surface area contributed by atoms with Crippen molar-refractivity contribution in [1.82, 2.24) is 4.98 Å². The quantitative estimate of drug-likeness (QED) is 0.423. The van der Waals surface area contributed by atoms with Crippen molar-refractivity contribution in [1.29, 1.82) is 0 Å². The van der Waals surface area contributed by atoms with E-state index in [4.69, 9.17) is 0 Å². The maximum Gasteiger partial charge on any atom is 0.573 e. The molecular formula is C9H4F6INO3. The fourth-order valence-electron chi connectivity index (χ4n) is 1.12. The largest absolute Gasteiger partial charge is 0.573 e. The van der Waals surface area contributed by atoms with Crippen LogP contribution in [0.3, 0.4) is 0 Å². The lowest BCUT2D eigenvalue weighted by Gasteiger charge is -2.15. The predicted molar refractivity (Wildman–Crippen MR) is 60.0 cm³/mol. The zero-order valence-electron chi connectivity index (χ0n) is 9.40. The smallest absolute Gasteiger partial charge is 0.464 e. The summed E-state index contributed by atoms with van der Waals surface area (Å²) in [6.45, 7) is 0. The number of carbonyl (C=O) groups excluding carboxylic acids is 1. The number of methoxy groups -OCH3 is 1. The van der Waals surface area contributed by atoms with E-state index >= 15 is 0 Å². The number of halogens is 7. The molecule has 0 amide bonds. The molecule has 1 rings (SSSR count). The number of nitrogens with zero attached hydrogens (tertiary/aromatic N) is 1. The lowest BCUT2D eigenvalue weighted by molar-refractivity contribution is -0.274. The van der Waals surface area contributed by atoms with Crippen molar-refractivity contribution in [2.45, 2.75) is 12.5 Å². The number of hydrogen-bond donors (Lipinski definition) is 0. The minimum atomic E-state index is -5.19. The number of hydrogen-bond acceptors (Lipinski definition) is 4. The highest BCUT2D eigenvalue weighted by Gasteiger charge is 2.39. The average molecular weight is 415 g/mol. The van der Waals surface area contributed by atoms with E-state index in [1.807, 2.05) is 0 Å². The molecule has 0 N–H and O–H groups in total. The topological polar surface area (TPSA) is 48.4 Å². The van der Waals surface area contributed by atoms with Gasteiger partial charge in [-0.15, -0.1) is 13.2 Å². The van der Waals surface area contributed by atoms with E-state index in [-0.39, 0.29) is 0 Å². The molecule has 0 fully saturated rings. The monoisotopic (exact) mass is 415 g/mol. The van der Waals surface area contributed by atoms with Gasteiger partial charge in [0, 0.05) is 3.57 Å². The minimum Gasteiger partial charge on any atom is -0.464 e. The van der Waals surface area contributed by atoms with Crippen molar-refractivity contribution < 1.29 is 40.6 Å². The molecule has 0 spiro atoms. The van der Waals surface area contributed by atoms with Crippen molar-refractivity contribution in [2.75, 3.05) is 7.11 Å². The Morgan fingerprint density at radius 1 is 1.25 bits per heavy atom. The van der Waals surface area contributed by atoms with Crippen LogP contribution in [0.4, 0.5) is 26.3 Å². The number of alkyl halides is 6. The van der Waals surface area contributed by atoms with Gasteiger partial charge in [-0.25, -0.2) is 9.78 Å². The molecule has 1 aromatic heterocycles. The molecule has 1 aromatic rings. The van der Waals surface area contributed by atoms with Crippen molar-refractivity contribution in [3.63, 3.8) is 0 Å². The minimum absolute atomic E-state index is 0.413. The van der Waals surface area contributed by atoms with Gasteiger partial charge < -0.3 is 9.47 Å². The van der Waals surface area contributed by atoms with Crippen LogP contribution in [-0.4, -0.2) is 24.4 Å². The Labute approximate surface area is 121 Å². The van der Waals surface area contributed by atoms with Crippen LogP contribution >= 0.6 is 22.6 Å². The Kier molecular flexibility index (Phi) is 4.71. The first-order valence-corrected chi connectivity index (χ1v) is 5.65. The standard InChI is InChI=1S/C9H4F6INO3/c1-19-7(18)5-4(20-9(13,14)15)2-3(16)6(17-5)8(10,11)12/h2H,1H3. The van der Waals surface area contributed by atoms with Gasteiger partial charge in [-0.3, -0.25) is 0 Å². The number of carbonyl (C=O) groups is 1. The summed E-state index contributed by atoms with van der Waals surface area (Å²) in [7, 11) is 0.784. The first-order valence-electron chi connectivity index (χ1n) is 4.57. The SMILES string of the molecule is COC(=O)c1nc(C(F)(F)F)c(I)cc1OC(F)(F)F. The highest BCUT2D eigenvalue weighted by atomic mass is 127. The third-order valence-corrected chi connectivity index (χ3v) is 2.64. The molecule has 11 heteroatoms. The molecule has 4 nitrogen and oxygen atoms in total. The zero-order chi connectivity index (χ0) is 15.7. The van der Waals surface area contributed by atoms with E-state index < -0.39 is 39.2 Å². The molecule has 0 bridgehead atoms. The maximum absolute atomic E-state index is 12.6. The summed E-state index contributed by atoms with van der Waals surface area (Å²) in [5.74, 6) is -2.65. The van der Waals surface area contributed by atoms with E-state index in [0.717, 1.165) is 29.7 Å². The molecule has 0 saturated heterocycles. The van der Waals surface area contributed by atoms with Gasteiger partial charge in [0.05, 0.1) is 7.11 Å². The number of aromatic nitrogens is 1. The Bertz CT molecular complexity index is 528. The molecule has 0 aliphatic heterocycles. The summed E-state index contributed by atoms with van der Waals surface area (Å²) < 4.78 is 81.0. The van der Waals surface area contributed by atoms with Gasteiger partial charge in [-0.1, -0.05) is 0 Å². The van der Waals surface area contributed by atoms with E-state index in [9.17, 15) is 31.1 Å². The first-order chi connectivity index (χ1) is 8.95. The molecule has 0 atom stereocenters. The van der Waals surface area contributed by atoms with Crippen molar-refractivity contribution >= 4 is 28.6 Å². The van der Waals surface area contributed by atoms with Crippen LogP contribution in [0.15, 0.2) is 6.07 Å². The van der Waals surface area contributed by atoms with Gasteiger partial charge in [-0.2, -0.15) is 13.2 Å². The highest BCUT2D eigenvalue weighted by molar-refractivity contribution is 14.1. The van der Waals surface area contributed by atoms with Crippen LogP contribution < -0.4 is 4.74 Å². The Hall–Kier alpha value is -1.27. The Balaban J connectivity index is 3.45. The van der Waals surface area contributed by atoms with Crippen molar-refractivity contribution in [3.05, 3.63) is 21.0 Å². The molecule has 0 aromatic carbocycles. The number of esters is 1. The maximum atomic E-state index is 12.6. The zero-order valence-corrected chi connectivity index (χ0v) is 11.6. The van der Waals surface area contributed by atoms with Gasteiger partial charge in [0.25, 0.3) is 0 Å². The summed E-state index contributed by atoms with van der Waals surface area (Å²) in [6, 6.07) is 0.413. The van der Waals surface area contributed by atoms with Crippen LogP contribution in [0.1, 0.15) is 16.2 Å². The molecule has 0 unspecified atom stereocenters. The summed E-state index contributed by atoms with van der Waals surface area (Å²) in [5.41, 5.74) is -2.72. The number of pyridine rings is 1. The molecule has 0 radical (unpaired) electrons. The fourth-order valence-corrected chi connectivity index (χ4v) is 1.83. The van der Waals surface area contributed by atoms with Gasteiger partial charge in [0.1, 0.15) is 0 Å². The predicted octanol–water partition coefficient (Wildman–Crippen LogP) is 3.39. The van der Waals surface area contributed by atoms with Crippen molar-refractivity contribution in [2.24, 2.45) is 0 Å². The second kappa shape index (κ2) is 5.61. The average Bonchev–Trinajstić information content (AvgIpc) is 2.24. The van der Waals surface area contributed by atoms with Gasteiger partial charge in [0.2, 0.25) is 0 Å². The molecule has 112 valence electrons. The molecule has 20 heavy (non-hydrogen) atoms. The normalized spacial score (nSPS) is 12.2. The summed E-state index contributed by atoms with van der Waals surface area (Å²) >= 11 is 1.13. The van der Waals surface area contributed by atoms with Crippen LogP contribution in [0, 0.1) is 3.57 Å². The third-order valence-electron chi connectivity index (χ3n) is 1.81. The second-order valence-corrected chi connectivity index (χ2v) is 4.36. The van der Waals surface area contributed by atoms with Gasteiger partial charge >= 0.3 is 18.5 Å². The van der Waals surface area contributed by atoms with Crippen molar-refractivity contribution in [3.8, 4) is 5.75 Å². The van der Waals surface area contributed by atoms with E-state index in [0.29, 0.717) is 6.07 Å². The van der Waals surface area contributed by atoms with E-state index in [1.54, 1.807) is 0 Å². The van der Waals surface area contributed by atoms with E-state index in [2.05, 4.69) is 14.5 Å². The molecular weight excluding hydrogens is 411 g/mol. The summed E-state index contributed by atoms with van der Waals surface area (Å²) in [4.78, 5) is 14.1. The Morgan fingerprint density at radius 2 is 1.80 bits per heavy atom. The molecule has 1 heterocycles. The number of rotatable bonds is 2. The molecule has 0 aliphatic rings. The molecule has 0 saturated carbocycles. The van der Waals surface area contributed by atoms with Crippen LogP contribution in [0.5, 0.6) is 5.75 Å². The highest BCUT2D eigenvalue weighted by Crippen LogP contribution is 2.35. The second-order valence-electron chi connectivity index (χ2n) is 3.20. The van der Waals surface area contributed by atoms with Gasteiger partial charge in [-0.05, 0) is 28.7 Å². The third kappa shape index (κ3) is 4.11. The van der Waals surface area contributed by atoms with Gasteiger partial charge in [0.15, 0.2) is 17.1 Å². The van der Waals surface area contributed by atoms with E-state index in [1.165, 1.54) is 0 Å².